The summed E-state index contributed by atoms with van der Waals surface area (Å²) in [6.45, 7) is 4.37. The van der Waals surface area contributed by atoms with Crippen LogP contribution < -0.4 is 11.1 Å². The molecule has 2 aliphatic carbocycles. The minimum atomic E-state index is 0. The molecule has 0 aromatic carbocycles. The van der Waals surface area contributed by atoms with Gasteiger partial charge in [-0.2, -0.15) is 11.8 Å². The third kappa shape index (κ3) is 4.66. The van der Waals surface area contributed by atoms with E-state index in [1.165, 1.54) is 69.5 Å². The zero-order valence-corrected chi connectivity index (χ0v) is 16.7. The summed E-state index contributed by atoms with van der Waals surface area (Å²) in [5, 5.41) is 3.33. The first-order valence-corrected chi connectivity index (χ1v) is 9.81. The van der Waals surface area contributed by atoms with E-state index in [4.69, 9.17) is 10.7 Å². The normalized spacial score (nSPS) is 26.3. The predicted molar refractivity (Wildman–Crippen MR) is 107 cm³/mol. The van der Waals surface area contributed by atoms with Crippen LogP contribution in [0.25, 0.3) is 0 Å². The lowest BCUT2D eigenvalue weighted by atomic mass is 9.85. The van der Waals surface area contributed by atoms with Gasteiger partial charge in [0, 0.05) is 36.7 Å². The summed E-state index contributed by atoms with van der Waals surface area (Å²) in [5.41, 5.74) is 6.39. The van der Waals surface area contributed by atoms with Crippen molar-refractivity contribution in [2.75, 3.05) is 37.7 Å². The molecule has 0 bridgehead atoms. The molecule has 22 heavy (non-hydrogen) atoms. The predicted octanol–water partition coefficient (Wildman–Crippen LogP) is 2.67. The van der Waals surface area contributed by atoms with Gasteiger partial charge in [-0.3, -0.25) is 9.89 Å². The Labute approximate surface area is 156 Å². The van der Waals surface area contributed by atoms with Gasteiger partial charge in [-0.15, -0.1) is 24.0 Å². The second kappa shape index (κ2) is 8.97. The van der Waals surface area contributed by atoms with Crippen molar-refractivity contribution < 1.29 is 0 Å². The minimum absolute atomic E-state index is 0. The SMILES string of the molecule is I.NC(=NCC1(N2CCSCC2)CCCC1)NCC1CCC1. The second-order valence-corrected chi connectivity index (χ2v) is 8.13. The van der Waals surface area contributed by atoms with E-state index < -0.39 is 0 Å². The molecule has 0 atom stereocenters. The average Bonchev–Trinajstić information content (AvgIpc) is 2.95. The van der Waals surface area contributed by atoms with Gasteiger partial charge >= 0.3 is 0 Å². The third-order valence-electron chi connectivity index (χ3n) is 5.56. The van der Waals surface area contributed by atoms with Gasteiger partial charge in [0.1, 0.15) is 0 Å². The number of guanidine groups is 1. The number of halogens is 1. The largest absolute Gasteiger partial charge is 0.370 e. The Morgan fingerprint density at radius 1 is 1.18 bits per heavy atom. The van der Waals surface area contributed by atoms with E-state index in [-0.39, 0.29) is 24.0 Å². The highest BCUT2D eigenvalue weighted by Crippen LogP contribution is 2.37. The van der Waals surface area contributed by atoms with Gasteiger partial charge in [0.2, 0.25) is 0 Å². The summed E-state index contributed by atoms with van der Waals surface area (Å²) < 4.78 is 0. The van der Waals surface area contributed by atoms with Crippen molar-refractivity contribution in [3.8, 4) is 0 Å². The number of aliphatic imine (C=N–C) groups is 1. The molecule has 1 aliphatic heterocycles. The minimum Gasteiger partial charge on any atom is -0.370 e. The van der Waals surface area contributed by atoms with E-state index in [0.717, 1.165) is 19.0 Å². The monoisotopic (exact) mass is 438 g/mol. The number of nitrogens with one attached hydrogen (secondary N) is 1. The van der Waals surface area contributed by atoms with Gasteiger partial charge in [-0.25, -0.2) is 0 Å². The van der Waals surface area contributed by atoms with Gasteiger partial charge in [0.25, 0.3) is 0 Å². The molecule has 4 nitrogen and oxygen atoms in total. The second-order valence-electron chi connectivity index (χ2n) is 6.91. The molecule has 2 saturated carbocycles. The Balaban J connectivity index is 0.00000176. The standard InChI is InChI=1S/C16H30N4S.HI/c17-15(18-12-14-4-3-5-14)19-13-16(6-1-2-7-16)20-8-10-21-11-9-20;/h14H,1-13H2,(H3,17,18,19);1H. The van der Waals surface area contributed by atoms with Crippen LogP contribution in [-0.4, -0.2) is 54.1 Å². The number of thioether (sulfide) groups is 1. The molecule has 3 rings (SSSR count). The van der Waals surface area contributed by atoms with Gasteiger partial charge in [0.05, 0.1) is 6.54 Å². The Hall–Kier alpha value is 0.310. The van der Waals surface area contributed by atoms with Crippen molar-refractivity contribution in [2.45, 2.75) is 50.5 Å². The summed E-state index contributed by atoms with van der Waals surface area (Å²) in [6.07, 6.45) is 9.42. The highest BCUT2D eigenvalue weighted by molar-refractivity contribution is 14.0. The molecule has 128 valence electrons. The highest BCUT2D eigenvalue weighted by Gasteiger charge is 2.39. The van der Waals surface area contributed by atoms with Crippen molar-refractivity contribution in [1.29, 1.82) is 0 Å². The molecule has 0 spiro atoms. The van der Waals surface area contributed by atoms with Crippen LogP contribution in [0, 0.1) is 5.92 Å². The summed E-state index contributed by atoms with van der Waals surface area (Å²) in [5.74, 6) is 4.06. The maximum Gasteiger partial charge on any atom is 0.188 e. The fourth-order valence-corrected chi connectivity index (χ4v) is 4.78. The van der Waals surface area contributed by atoms with E-state index in [9.17, 15) is 0 Å². The molecule has 0 aromatic heterocycles. The van der Waals surface area contributed by atoms with Crippen molar-refractivity contribution in [3.05, 3.63) is 0 Å². The lowest BCUT2D eigenvalue weighted by Crippen LogP contribution is -2.53. The van der Waals surface area contributed by atoms with Crippen molar-refractivity contribution in [1.82, 2.24) is 10.2 Å². The lowest BCUT2D eigenvalue weighted by Gasteiger charge is -2.42. The van der Waals surface area contributed by atoms with Crippen molar-refractivity contribution in [3.63, 3.8) is 0 Å². The molecule has 3 N–H and O–H groups in total. The molecule has 0 amide bonds. The van der Waals surface area contributed by atoms with Crippen LogP contribution >= 0.6 is 35.7 Å². The maximum absolute atomic E-state index is 6.08. The third-order valence-corrected chi connectivity index (χ3v) is 6.50. The molecule has 6 heteroatoms. The maximum atomic E-state index is 6.08. The summed E-state index contributed by atoms with van der Waals surface area (Å²) in [6, 6.07) is 0. The fraction of sp³-hybridized carbons (Fsp3) is 0.938. The smallest absolute Gasteiger partial charge is 0.188 e. The van der Waals surface area contributed by atoms with Crippen LogP contribution in [0.15, 0.2) is 4.99 Å². The first kappa shape index (κ1) is 18.6. The van der Waals surface area contributed by atoms with Crippen LogP contribution in [-0.2, 0) is 0 Å². The lowest BCUT2D eigenvalue weighted by molar-refractivity contribution is 0.112. The quantitative estimate of drug-likeness (QED) is 0.394. The van der Waals surface area contributed by atoms with E-state index in [0.29, 0.717) is 11.5 Å². The first-order chi connectivity index (χ1) is 10.3. The number of nitrogens with two attached hydrogens (primary N) is 1. The van der Waals surface area contributed by atoms with Crippen LogP contribution in [0.5, 0.6) is 0 Å². The zero-order valence-electron chi connectivity index (χ0n) is 13.6. The van der Waals surface area contributed by atoms with E-state index in [1.54, 1.807) is 0 Å². The molecule has 3 fully saturated rings. The first-order valence-electron chi connectivity index (χ1n) is 8.65. The molecule has 3 aliphatic rings. The van der Waals surface area contributed by atoms with Gasteiger partial charge in [0.15, 0.2) is 5.96 Å². The summed E-state index contributed by atoms with van der Waals surface area (Å²) >= 11 is 2.09. The van der Waals surface area contributed by atoms with Crippen LogP contribution in [0.4, 0.5) is 0 Å². The Bertz CT molecular complexity index is 361. The Morgan fingerprint density at radius 2 is 1.86 bits per heavy atom. The molecule has 0 aromatic rings. The molecular formula is C16H31IN4S. The van der Waals surface area contributed by atoms with E-state index >= 15 is 0 Å². The molecular weight excluding hydrogens is 407 g/mol. The number of hydrogen-bond acceptors (Lipinski definition) is 3. The van der Waals surface area contributed by atoms with Crippen LogP contribution in [0.2, 0.25) is 0 Å². The van der Waals surface area contributed by atoms with E-state index in [1.807, 2.05) is 0 Å². The van der Waals surface area contributed by atoms with Gasteiger partial charge < -0.3 is 11.1 Å². The zero-order chi connectivity index (χ0) is 14.5. The van der Waals surface area contributed by atoms with Crippen LogP contribution in [0.1, 0.15) is 44.9 Å². The fourth-order valence-electron chi connectivity index (χ4n) is 3.88. The number of rotatable bonds is 5. The average molecular weight is 438 g/mol. The molecule has 1 saturated heterocycles. The van der Waals surface area contributed by atoms with Crippen molar-refractivity contribution in [2.24, 2.45) is 16.6 Å². The summed E-state index contributed by atoms with van der Waals surface area (Å²) in [4.78, 5) is 7.43. The van der Waals surface area contributed by atoms with E-state index in [2.05, 4.69) is 22.0 Å². The Kier molecular flexibility index (Phi) is 7.60. The molecule has 0 unspecified atom stereocenters. The van der Waals surface area contributed by atoms with Gasteiger partial charge in [-0.1, -0.05) is 19.3 Å². The number of nitrogens with zero attached hydrogens (tertiary/aromatic N) is 2. The van der Waals surface area contributed by atoms with Crippen LogP contribution in [0.3, 0.4) is 0 Å². The molecule has 1 heterocycles. The topological polar surface area (TPSA) is 53.6 Å². The van der Waals surface area contributed by atoms with Crippen molar-refractivity contribution >= 4 is 41.7 Å². The Morgan fingerprint density at radius 3 is 2.45 bits per heavy atom. The van der Waals surface area contributed by atoms with Gasteiger partial charge in [-0.05, 0) is 31.6 Å². The number of hydrogen-bond donors (Lipinski definition) is 2. The molecule has 0 radical (unpaired) electrons. The highest BCUT2D eigenvalue weighted by atomic mass is 127. The summed E-state index contributed by atoms with van der Waals surface area (Å²) in [7, 11) is 0.